The van der Waals surface area contributed by atoms with Crippen LogP contribution in [-0.4, -0.2) is 25.3 Å². The molecule has 1 aromatic heterocycles. The molecular weight excluding hydrogens is 408 g/mol. The van der Waals surface area contributed by atoms with Crippen molar-refractivity contribution in [3.8, 4) is 11.5 Å². The highest BCUT2D eigenvalue weighted by Gasteiger charge is 2.20. The Balaban J connectivity index is 1.96. The summed E-state index contributed by atoms with van der Waals surface area (Å²) in [6, 6.07) is 12.2. The van der Waals surface area contributed by atoms with Crippen molar-refractivity contribution in [3.63, 3.8) is 0 Å². The number of carbonyl (C=O) groups is 1. The molecule has 154 valence electrons. The highest BCUT2D eigenvalue weighted by atomic mass is 35.5. The van der Waals surface area contributed by atoms with Gasteiger partial charge in [-0.25, -0.2) is 0 Å². The van der Waals surface area contributed by atoms with Gasteiger partial charge in [-0.05, 0) is 35.4 Å². The average Bonchev–Trinajstić information content (AvgIpc) is 3.10. The van der Waals surface area contributed by atoms with Crippen molar-refractivity contribution < 1.29 is 19.4 Å². The maximum Gasteiger partial charge on any atom is 0.303 e. The first-order valence-electron chi connectivity index (χ1n) is 9.48. The first-order chi connectivity index (χ1) is 13.8. The van der Waals surface area contributed by atoms with Crippen LogP contribution in [0.4, 0.5) is 0 Å². The van der Waals surface area contributed by atoms with E-state index in [0.29, 0.717) is 28.9 Å². The van der Waals surface area contributed by atoms with Crippen molar-refractivity contribution in [2.75, 3.05) is 14.2 Å². The van der Waals surface area contributed by atoms with Crippen LogP contribution in [0.15, 0.2) is 36.4 Å². The van der Waals surface area contributed by atoms with Gasteiger partial charge in [0, 0.05) is 21.0 Å². The van der Waals surface area contributed by atoms with Crippen molar-refractivity contribution in [3.05, 3.63) is 57.4 Å². The zero-order valence-electron chi connectivity index (χ0n) is 17.0. The molecule has 0 aliphatic rings. The van der Waals surface area contributed by atoms with Gasteiger partial charge in [-0.2, -0.15) is 0 Å². The summed E-state index contributed by atoms with van der Waals surface area (Å²) in [6.45, 7) is 4.29. The van der Waals surface area contributed by atoms with E-state index in [1.165, 1.54) is 5.56 Å². The van der Waals surface area contributed by atoms with Gasteiger partial charge in [-0.3, -0.25) is 4.79 Å². The predicted octanol–water partition coefficient (Wildman–Crippen LogP) is 6.50. The second-order valence-corrected chi connectivity index (χ2v) is 8.92. The zero-order valence-corrected chi connectivity index (χ0v) is 18.6. The number of fused-ring (bicyclic) bond motifs is 1. The summed E-state index contributed by atoms with van der Waals surface area (Å²) in [4.78, 5) is 12.6. The summed E-state index contributed by atoms with van der Waals surface area (Å²) in [6.07, 6.45) is 0.712. The Labute approximate surface area is 180 Å². The van der Waals surface area contributed by atoms with Crippen LogP contribution in [0, 0.1) is 0 Å². The van der Waals surface area contributed by atoms with E-state index in [-0.39, 0.29) is 12.3 Å². The number of hydrogen-bond donors (Lipinski definition) is 1. The van der Waals surface area contributed by atoms with Crippen LogP contribution in [0.2, 0.25) is 5.02 Å². The molecule has 0 amide bonds. The Morgan fingerprint density at radius 2 is 1.76 bits per heavy atom. The van der Waals surface area contributed by atoms with Gasteiger partial charge in [0.05, 0.1) is 25.7 Å². The van der Waals surface area contributed by atoms with Crippen LogP contribution in [0.1, 0.15) is 48.1 Å². The number of ether oxygens (including phenoxy) is 2. The Kier molecular flexibility index (Phi) is 6.70. The van der Waals surface area contributed by atoms with Gasteiger partial charge in [0.1, 0.15) is 0 Å². The lowest BCUT2D eigenvalue weighted by Gasteiger charge is -2.16. The molecule has 3 rings (SSSR count). The second-order valence-electron chi connectivity index (χ2n) is 7.37. The number of methoxy groups -OCH3 is 2. The molecule has 0 fully saturated rings. The first kappa shape index (κ1) is 21.5. The maximum absolute atomic E-state index is 11.5. The molecule has 0 saturated heterocycles. The minimum atomic E-state index is -0.801. The molecular formula is C23H25ClO4S. The summed E-state index contributed by atoms with van der Waals surface area (Å²) >= 11 is 8.14. The fraction of sp³-hybridized carbons (Fsp3) is 0.348. The smallest absolute Gasteiger partial charge is 0.303 e. The molecule has 0 aliphatic carbocycles. The largest absolute Gasteiger partial charge is 0.493 e. The van der Waals surface area contributed by atoms with E-state index in [1.807, 2.05) is 12.1 Å². The molecule has 29 heavy (non-hydrogen) atoms. The van der Waals surface area contributed by atoms with Crippen molar-refractivity contribution in [1.29, 1.82) is 0 Å². The van der Waals surface area contributed by atoms with Gasteiger partial charge in [-0.1, -0.05) is 49.7 Å². The summed E-state index contributed by atoms with van der Waals surface area (Å²) in [5.74, 6) is 0.633. The van der Waals surface area contributed by atoms with E-state index in [1.54, 1.807) is 25.6 Å². The monoisotopic (exact) mass is 432 g/mol. The van der Waals surface area contributed by atoms with Crippen molar-refractivity contribution in [2.45, 2.75) is 38.5 Å². The van der Waals surface area contributed by atoms with Gasteiger partial charge in [0.25, 0.3) is 0 Å². The SMILES string of the molecule is COc1cc2sc(CC(CC(=O)O)c3ccc(C(C)C)cc3)cc2c(Cl)c1OC. The quantitative estimate of drug-likeness (QED) is 0.441. The van der Waals surface area contributed by atoms with E-state index in [4.69, 9.17) is 21.1 Å². The average molecular weight is 433 g/mol. The highest BCUT2D eigenvalue weighted by Crippen LogP contribution is 2.44. The zero-order chi connectivity index (χ0) is 21.1. The molecule has 6 heteroatoms. The lowest BCUT2D eigenvalue weighted by atomic mass is 9.90. The van der Waals surface area contributed by atoms with Gasteiger partial charge in [0.15, 0.2) is 11.5 Å². The molecule has 0 spiro atoms. The third kappa shape index (κ3) is 4.68. The predicted molar refractivity (Wildman–Crippen MR) is 119 cm³/mol. The van der Waals surface area contributed by atoms with Crippen LogP contribution in [0.25, 0.3) is 10.1 Å². The number of hydrogen-bond acceptors (Lipinski definition) is 4. The van der Waals surface area contributed by atoms with Crippen molar-refractivity contribution in [2.24, 2.45) is 0 Å². The molecule has 1 N–H and O–H groups in total. The fourth-order valence-electron chi connectivity index (χ4n) is 3.51. The normalized spacial score (nSPS) is 12.3. The number of rotatable bonds is 8. The van der Waals surface area contributed by atoms with Gasteiger partial charge < -0.3 is 14.6 Å². The molecule has 1 atom stereocenters. The summed E-state index contributed by atoms with van der Waals surface area (Å²) in [5, 5.41) is 10.8. The lowest BCUT2D eigenvalue weighted by molar-refractivity contribution is -0.137. The molecule has 0 radical (unpaired) electrons. The number of aliphatic carboxylic acids is 1. The van der Waals surface area contributed by atoms with Crippen LogP contribution in [0.5, 0.6) is 11.5 Å². The minimum Gasteiger partial charge on any atom is -0.493 e. The van der Waals surface area contributed by atoms with E-state index >= 15 is 0 Å². The highest BCUT2D eigenvalue weighted by molar-refractivity contribution is 7.19. The Morgan fingerprint density at radius 3 is 2.31 bits per heavy atom. The van der Waals surface area contributed by atoms with Gasteiger partial charge in [-0.15, -0.1) is 11.3 Å². The fourth-order valence-corrected chi connectivity index (χ4v) is 5.07. The third-order valence-electron chi connectivity index (χ3n) is 5.10. The van der Waals surface area contributed by atoms with Gasteiger partial charge >= 0.3 is 5.97 Å². The molecule has 0 saturated carbocycles. The summed E-state index contributed by atoms with van der Waals surface area (Å²) in [5.41, 5.74) is 2.28. The Morgan fingerprint density at radius 1 is 1.10 bits per heavy atom. The van der Waals surface area contributed by atoms with E-state index in [2.05, 4.69) is 38.1 Å². The summed E-state index contributed by atoms with van der Waals surface area (Å²) < 4.78 is 11.8. The van der Waals surface area contributed by atoms with Crippen molar-refractivity contribution >= 4 is 39.0 Å². The molecule has 0 bridgehead atoms. The standard InChI is InChI=1S/C23H25ClO4S/c1-13(2)14-5-7-15(8-6-14)16(10-21(25)26)9-17-11-18-20(29-17)12-19(27-3)23(28-4)22(18)24/h5-8,11-13,16H,9-10H2,1-4H3,(H,25,26). The van der Waals surface area contributed by atoms with Crippen molar-refractivity contribution in [1.82, 2.24) is 0 Å². The number of halogens is 1. The first-order valence-corrected chi connectivity index (χ1v) is 10.7. The molecule has 0 aliphatic heterocycles. The molecule has 3 aromatic rings. The molecule has 2 aromatic carbocycles. The number of carboxylic acids is 1. The van der Waals surface area contributed by atoms with Crippen LogP contribution < -0.4 is 9.47 Å². The van der Waals surface area contributed by atoms with E-state index in [9.17, 15) is 9.90 Å². The number of thiophene rings is 1. The third-order valence-corrected chi connectivity index (χ3v) is 6.58. The molecule has 1 unspecified atom stereocenters. The Bertz CT molecular complexity index is 1010. The Hall–Kier alpha value is -2.24. The summed E-state index contributed by atoms with van der Waals surface area (Å²) in [7, 11) is 3.14. The van der Waals surface area contributed by atoms with Crippen LogP contribution in [-0.2, 0) is 11.2 Å². The van der Waals surface area contributed by atoms with Gasteiger partial charge in [0.2, 0.25) is 0 Å². The van der Waals surface area contributed by atoms with E-state index in [0.717, 1.165) is 20.5 Å². The number of carboxylic acid groups (broad SMARTS) is 1. The maximum atomic E-state index is 11.5. The van der Waals surface area contributed by atoms with Crippen LogP contribution >= 0.6 is 22.9 Å². The molecule has 4 nitrogen and oxygen atoms in total. The van der Waals surface area contributed by atoms with E-state index < -0.39 is 5.97 Å². The lowest BCUT2D eigenvalue weighted by Crippen LogP contribution is -2.09. The minimum absolute atomic E-state index is 0.0790. The number of benzene rings is 2. The molecule has 1 heterocycles. The van der Waals surface area contributed by atoms with Crippen LogP contribution in [0.3, 0.4) is 0 Å². The topological polar surface area (TPSA) is 55.8 Å². The second kappa shape index (κ2) is 9.06.